The summed E-state index contributed by atoms with van der Waals surface area (Å²) in [4.78, 5) is 24.0. The number of benzene rings is 1. The van der Waals surface area contributed by atoms with E-state index in [1.807, 2.05) is 45.0 Å². The van der Waals surface area contributed by atoms with E-state index in [1.165, 1.54) is 6.07 Å². The Morgan fingerprint density at radius 2 is 1.95 bits per heavy atom. The van der Waals surface area contributed by atoms with Crippen molar-refractivity contribution in [2.24, 2.45) is 5.10 Å². The first-order valence-electron chi connectivity index (χ1n) is 12.5. The van der Waals surface area contributed by atoms with Gasteiger partial charge in [0.15, 0.2) is 5.84 Å². The van der Waals surface area contributed by atoms with Crippen molar-refractivity contribution in [2.45, 2.75) is 32.4 Å². The number of pyridine rings is 1. The average Bonchev–Trinajstić information content (AvgIpc) is 3.22. The second-order valence-electron chi connectivity index (χ2n) is 10.1. The Labute approximate surface area is 217 Å². The number of carbonyl (C=O) groups is 1. The number of nitrogens with zero attached hydrogens (tertiary/aromatic N) is 5. The van der Waals surface area contributed by atoms with Crippen LogP contribution in [0.15, 0.2) is 35.6 Å². The number of amides is 1. The van der Waals surface area contributed by atoms with Crippen LogP contribution in [0, 0.1) is 0 Å². The van der Waals surface area contributed by atoms with Gasteiger partial charge in [-0.25, -0.2) is 4.98 Å². The predicted octanol–water partition coefficient (Wildman–Crippen LogP) is 1.62. The summed E-state index contributed by atoms with van der Waals surface area (Å²) >= 11 is 0. The van der Waals surface area contributed by atoms with Crippen molar-refractivity contribution in [2.75, 3.05) is 63.3 Å². The lowest BCUT2D eigenvalue weighted by atomic mass is 9.97. The zero-order valence-corrected chi connectivity index (χ0v) is 22.2. The van der Waals surface area contributed by atoms with E-state index in [1.54, 1.807) is 24.1 Å². The fourth-order valence-corrected chi connectivity index (χ4v) is 4.48. The molecular formula is C26H37N7O4. The Morgan fingerprint density at radius 3 is 2.57 bits per heavy atom. The number of phenolic OH excluding ortho intramolecular Hbond substituents is 2. The second-order valence-corrected chi connectivity index (χ2v) is 10.1. The summed E-state index contributed by atoms with van der Waals surface area (Å²) in [6.07, 6.45) is 1.71. The van der Waals surface area contributed by atoms with Crippen molar-refractivity contribution in [3.8, 4) is 11.5 Å². The van der Waals surface area contributed by atoms with E-state index >= 15 is 0 Å². The molecule has 1 aromatic heterocycles. The average molecular weight is 512 g/mol. The number of anilines is 2. The Bertz CT molecular complexity index is 1150. The lowest BCUT2D eigenvalue weighted by Gasteiger charge is -2.36. The van der Waals surface area contributed by atoms with Gasteiger partial charge in [0.05, 0.1) is 30.7 Å². The molecule has 0 aliphatic carbocycles. The fourth-order valence-electron chi connectivity index (χ4n) is 4.48. The van der Waals surface area contributed by atoms with Crippen LogP contribution in [0.3, 0.4) is 0 Å². The summed E-state index contributed by atoms with van der Waals surface area (Å²) in [5.74, 6) is 0.790. The topological polar surface area (TPSA) is 126 Å². The first-order chi connectivity index (χ1) is 17.6. The van der Waals surface area contributed by atoms with E-state index in [-0.39, 0.29) is 23.3 Å². The highest BCUT2D eigenvalue weighted by atomic mass is 16.5. The molecule has 200 valence electrons. The molecule has 3 heterocycles. The van der Waals surface area contributed by atoms with Crippen molar-refractivity contribution in [1.29, 1.82) is 0 Å². The van der Waals surface area contributed by atoms with Crippen LogP contribution in [0.25, 0.3) is 0 Å². The molecule has 4 N–H and O–H groups in total. The number of aromatic hydroxyl groups is 2. The number of nitrogens with one attached hydrogen (secondary N) is 2. The van der Waals surface area contributed by atoms with Gasteiger partial charge in [0.1, 0.15) is 17.3 Å². The van der Waals surface area contributed by atoms with E-state index in [0.717, 1.165) is 18.9 Å². The molecule has 1 fully saturated rings. The minimum atomic E-state index is -1.29. The van der Waals surface area contributed by atoms with Gasteiger partial charge < -0.3 is 30.1 Å². The van der Waals surface area contributed by atoms with Crippen molar-refractivity contribution >= 4 is 23.2 Å². The number of carbonyl (C=O) groups excluding carboxylic acids is 1. The third kappa shape index (κ3) is 5.42. The molecule has 37 heavy (non-hydrogen) atoms. The van der Waals surface area contributed by atoms with Crippen molar-refractivity contribution in [1.82, 2.24) is 20.6 Å². The summed E-state index contributed by atoms with van der Waals surface area (Å²) in [5.41, 5.74) is 3.41. The summed E-state index contributed by atoms with van der Waals surface area (Å²) in [7, 11) is 3.88. The highest BCUT2D eigenvalue weighted by Crippen LogP contribution is 2.37. The minimum Gasteiger partial charge on any atom is -0.508 e. The number of rotatable bonds is 8. The predicted molar refractivity (Wildman–Crippen MR) is 143 cm³/mol. The Balaban J connectivity index is 1.72. The van der Waals surface area contributed by atoms with Crippen LogP contribution in [0.1, 0.15) is 37.8 Å². The number of aromatic nitrogens is 1. The summed E-state index contributed by atoms with van der Waals surface area (Å²) < 4.78 is 5.45. The quantitative estimate of drug-likeness (QED) is 0.418. The third-order valence-corrected chi connectivity index (χ3v) is 6.66. The molecule has 0 spiro atoms. The molecule has 2 aromatic rings. The van der Waals surface area contributed by atoms with E-state index < -0.39 is 5.66 Å². The van der Waals surface area contributed by atoms with Gasteiger partial charge >= 0.3 is 0 Å². The van der Waals surface area contributed by atoms with Crippen LogP contribution in [-0.4, -0.2) is 91.0 Å². The molecule has 2 aliphatic rings. The van der Waals surface area contributed by atoms with Gasteiger partial charge in [-0.3, -0.25) is 15.1 Å². The molecule has 1 atom stereocenters. The number of likely N-dealkylation sites (N-methyl/N-ethyl adjacent to an activating group) is 1. The third-order valence-electron chi connectivity index (χ3n) is 6.66. The number of morpholine rings is 1. The van der Waals surface area contributed by atoms with Gasteiger partial charge in [0, 0.05) is 32.2 Å². The molecule has 2 aliphatic heterocycles. The molecule has 11 nitrogen and oxygen atoms in total. The van der Waals surface area contributed by atoms with Crippen LogP contribution in [-0.2, 0) is 9.53 Å². The molecule has 4 rings (SSSR count). The van der Waals surface area contributed by atoms with Crippen LogP contribution in [0.4, 0.5) is 11.5 Å². The number of amidine groups is 1. The maximum absolute atomic E-state index is 13.5. The molecule has 0 radical (unpaired) electrons. The van der Waals surface area contributed by atoms with Gasteiger partial charge in [-0.2, -0.15) is 5.10 Å². The number of hydrogen-bond donors (Lipinski definition) is 4. The van der Waals surface area contributed by atoms with Gasteiger partial charge in [-0.15, -0.1) is 0 Å². The Kier molecular flexibility index (Phi) is 7.74. The molecule has 0 saturated carbocycles. The first kappa shape index (κ1) is 26.5. The smallest absolute Gasteiger partial charge is 0.268 e. The van der Waals surface area contributed by atoms with E-state index in [4.69, 9.17) is 4.74 Å². The molecule has 1 saturated heterocycles. The zero-order chi connectivity index (χ0) is 26.7. The van der Waals surface area contributed by atoms with Crippen molar-refractivity contribution in [3.05, 3.63) is 41.6 Å². The normalized spacial score (nSPS) is 19.8. The molecule has 11 heteroatoms. The highest BCUT2D eigenvalue weighted by Gasteiger charge is 2.47. The van der Waals surface area contributed by atoms with E-state index in [2.05, 4.69) is 25.7 Å². The summed E-state index contributed by atoms with van der Waals surface area (Å²) in [6.45, 7) is 9.62. The van der Waals surface area contributed by atoms with Crippen LogP contribution in [0.5, 0.6) is 11.5 Å². The molecule has 1 unspecified atom stereocenters. The fraction of sp³-hybridized carbons (Fsp3) is 0.500. The second kappa shape index (κ2) is 10.8. The van der Waals surface area contributed by atoms with Gasteiger partial charge in [0.25, 0.3) is 5.91 Å². The number of hydrazone groups is 1. The first-order valence-corrected chi connectivity index (χ1v) is 12.5. The SMILES string of the molecule is CC(C)c1cc(C2=NNC(C)(C(=O)NCCN(C)C)N2c2ccc(N3CCOCC3)nc2)c(O)cc1O. The van der Waals surface area contributed by atoms with E-state index in [9.17, 15) is 15.0 Å². The number of hydrogen-bond acceptors (Lipinski definition) is 10. The van der Waals surface area contributed by atoms with Gasteiger partial charge in [-0.1, -0.05) is 13.8 Å². The number of ether oxygens (including phenoxy) is 1. The van der Waals surface area contributed by atoms with Gasteiger partial charge in [0.2, 0.25) is 5.66 Å². The Hall–Kier alpha value is -3.57. The summed E-state index contributed by atoms with van der Waals surface area (Å²) in [6, 6.07) is 6.84. The van der Waals surface area contributed by atoms with Crippen LogP contribution >= 0.6 is 0 Å². The summed E-state index contributed by atoms with van der Waals surface area (Å²) in [5, 5.41) is 28.7. The highest BCUT2D eigenvalue weighted by molar-refractivity contribution is 6.17. The van der Waals surface area contributed by atoms with E-state index in [0.29, 0.717) is 49.0 Å². The zero-order valence-electron chi connectivity index (χ0n) is 22.2. The molecular weight excluding hydrogens is 474 g/mol. The molecule has 0 bridgehead atoms. The lowest BCUT2D eigenvalue weighted by Crippen LogP contribution is -2.62. The molecule has 1 amide bonds. The van der Waals surface area contributed by atoms with Crippen LogP contribution in [0.2, 0.25) is 0 Å². The maximum atomic E-state index is 13.5. The molecule has 1 aromatic carbocycles. The van der Waals surface area contributed by atoms with Gasteiger partial charge in [-0.05, 0) is 50.7 Å². The number of phenols is 2. The van der Waals surface area contributed by atoms with Crippen molar-refractivity contribution < 1.29 is 19.7 Å². The standard InChI is InChI=1S/C26H37N7O4/c1-17(2)19-14-20(22(35)15-21(19)34)24-29-30-26(3,25(36)27-8-9-31(4)5)33(24)18-6-7-23(28-16-18)32-10-12-37-13-11-32/h6-7,14-17,30,34-35H,8-13H2,1-5H3,(H,27,36). The monoisotopic (exact) mass is 511 g/mol. The van der Waals surface area contributed by atoms with Crippen LogP contribution < -0.4 is 20.5 Å². The van der Waals surface area contributed by atoms with Crippen molar-refractivity contribution in [3.63, 3.8) is 0 Å². The lowest BCUT2D eigenvalue weighted by molar-refractivity contribution is -0.126. The minimum absolute atomic E-state index is 0.00933. The largest absolute Gasteiger partial charge is 0.508 e. The maximum Gasteiger partial charge on any atom is 0.268 e. The Morgan fingerprint density at radius 1 is 1.22 bits per heavy atom.